The lowest BCUT2D eigenvalue weighted by molar-refractivity contribution is 0.551. The van der Waals surface area contributed by atoms with Crippen LogP contribution in [0.4, 0.5) is 0 Å². The van der Waals surface area contributed by atoms with Gasteiger partial charge in [-0.05, 0) is 26.0 Å². The van der Waals surface area contributed by atoms with Crippen LogP contribution in [0.3, 0.4) is 0 Å². The van der Waals surface area contributed by atoms with Gasteiger partial charge >= 0.3 is 0 Å². The number of rotatable bonds is 5. The van der Waals surface area contributed by atoms with Crippen molar-refractivity contribution in [2.75, 3.05) is 0 Å². The molecule has 0 saturated heterocycles. The van der Waals surface area contributed by atoms with E-state index >= 15 is 0 Å². The number of imidazole rings is 1. The standard InChI is InChI=1S/C15H19N5/c1-3-20-10-12(9-17-20)8-16-11(2)15-18-13-6-4-5-7-14(13)19-15/h4-7,9-11,16H,3,8H2,1-2H3,(H,18,19). The molecule has 0 aliphatic rings. The van der Waals surface area contributed by atoms with Crippen molar-refractivity contribution in [3.8, 4) is 0 Å². The number of H-pyrrole nitrogens is 1. The van der Waals surface area contributed by atoms with Crippen molar-refractivity contribution in [2.24, 2.45) is 0 Å². The van der Waals surface area contributed by atoms with Crippen LogP contribution in [-0.2, 0) is 13.1 Å². The third kappa shape index (κ3) is 2.58. The summed E-state index contributed by atoms with van der Waals surface area (Å²) in [5, 5.41) is 7.74. The topological polar surface area (TPSA) is 58.5 Å². The highest BCUT2D eigenvalue weighted by atomic mass is 15.3. The lowest BCUT2D eigenvalue weighted by Crippen LogP contribution is -2.18. The van der Waals surface area contributed by atoms with Gasteiger partial charge in [-0.25, -0.2) is 4.98 Å². The van der Waals surface area contributed by atoms with Crippen LogP contribution in [-0.4, -0.2) is 19.7 Å². The molecule has 0 spiro atoms. The van der Waals surface area contributed by atoms with Crippen molar-refractivity contribution in [1.82, 2.24) is 25.1 Å². The van der Waals surface area contributed by atoms with E-state index < -0.39 is 0 Å². The Morgan fingerprint density at radius 1 is 1.35 bits per heavy atom. The molecule has 20 heavy (non-hydrogen) atoms. The zero-order valence-electron chi connectivity index (χ0n) is 11.8. The Morgan fingerprint density at radius 3 is 2.95 bits per heavy atom. The molecule has 0 aliphatic heterocycles. The van der Waals surface area contributed by atoms with E-state index in [1.807, 2.05) is 35.1 Å². The molecule has 2 aromatic heterocycles. The molecule has 104 valence electrons. The quantitative estimate of drug-likeness (QED) is 0.748. The molecule has 0 bridgehead atoms. The van der Waals surface area contributed by atoms with Gasteiger partial charge in [-0.3, -0.25) is 4.68 Å². The number of aromatic nitrogens is 4. The van der Waals surface area contributed by atoms with Crippen molar-refractivity contribution < 1.29 is 0 Å². The molecule has 1 unspecified atom stereocenters. The molecule has 1 atom stereocenters. The Morgan fingerprint density at radius 2 is 2.20 bits per heavy atom. The molecule has 0 radical (unpaired) electrons. The molecule has 3 rings (SSSR count). The maximum Gasteiger partial charge on any atom is 0.124 e. The zero-order chi connectivity index (χ0) is 13.9. The van der Waals surface area contributed by atoms with Gasteiger partial charge in [0.25, 0.3) is 0 Å². The molecule has 0 fully saturated rings. The second-order valence-corrected chi connectivity index (χ2v) is 4.95. The molecule has 3 aromatic rings. The molecule has 2 N–H and O–H groups in total. The highest BCUT2D eigenvalue weighted by Crippen LogP contribution is 2.15. The minimum Gasteiger partial charge on any atom is -0.341 e. The van der Waals surface area contributed by atoms with E-state index in [0.29, 0.717) is 0 Å². The van der Waals surface area contributed by atoms with Gasteiger partial charge < -0.3 is 10.3 Å². The normalized spacial score (nSPS) is 12.9. The summed E-state index contributed by atoms with van der Waals surface area (Å²) in [4.78, 5) is 7.96. The Balaban J connectivity index is 1.67. The molecule has 1 aromatic carbocycles. The van der Waals surface area contributed by atoms with Gasteiger partial charge in [0.15, 0.2) is 0 Å². The highest BCUT2D eigenvalue weighted by Gasteiger charge is 2.10. The first-order valence-electron chi connectivity index (χ1n) is 6.95. The Hall–Kier alpha value is -2.14. The fourth-order valence-electron chi connectivity index (χ4n) is 2.22. The number of hydrogen-bond donors (Lipinski definition) is 2. The van der Waals surface area contributed by atoms with Crippen LogP contribution in [0.1, 0.15) is 31.3 Å². The summed E-state index contributed by atoms with van der Waals surface area (Å²) in [6.45, 7) is 5.89. The number of hydrogen-bond acceptors (Lipinski definition) is 3. The summed E-state index contributed by atoms with van der Waals surface area (Å²) in [5.74, 6) is 0.967. The number of fused-ring (bicyclic) bond motifs is 1. The maximum absolute atomic E-state index is 4.61. The minimum absolute atomic E-state index is 0.173. The highest BCUT2D eigenvalue weighted by molar-refractivity contribution is 5.74. The maximum atomic E-state index is 4.61. The number of nitrogens with one attached hydrogen (secondary N) is 2. The third-order valence-corrected chi connectivity index (χ3v) is 3.44. The van der Waals surface area contributed by atoms with E-state index in [4.69, 9.17) is 0 Å². The van der Waals surface area contributed by atoms with Gasteiger partial charge in [-0.2, -0.15) is 5.10 Å². The lowest BCUT2D eigenvalue weighted by Gasteiger charge is -2.09. The molecule has 0 aliphatic carbocycles. The van der Waals surface area contributed by atoms with Crippen molar-refractivity contribution in [1.29, 1.82) is 0 Å². The van der Waals surface area contributed by atoms with Crippen LogP contribution in [0.15, 0.2) is 36.7 Å². The van der Waals surface area contributed by atoms with Crippen LogP contribution in [0.2, 0.25) is 0 Å². The van der Waals surface area contributed by atoms with Crippen LogP contribution < -0.4 is 5.32 Å². The van der Waals surface area contributed by atoms with E-state index in [-0.39, 0.29) is 6.04 Å². The number of aryl methyl sites for hydroxylation is 1. The minimum atomic E-state index is 0.173. The first-order valence-corrected chi connectivity index (χ1v) is 6.95. The molecule has 2 heterocycles. The number of aromatic amines is 1. The molecule has 0 amide bonds. The summed E-state index contributed by atoms with van der Waals surface area (Å²) >= 11 is 0. The van der Waals surface area contributed by atoms with Crippen LogP contribution in [0.25, 0.3) is 11.0 Å². The second kappa shape index (κ2) is 5.46. The van der Waals surface area contributed by atoms with Crippen molar-refractivity contribution in [2.45, 2.75) is 33.0 Å². The second-order valence-electron chi connectivity index (χ2n) is 4.95. The summed E-state index contributed by atoms with van der Waals surface area (Å²) in [6, 6.07) is 8.26. The van der Waals surface area contributed by atoms with Crippen LogP contribution in [0.5, 0.6) is 0 Å². The fraction of sp³-hybridized carbons (Fsp3) is 0.333. The summed E-state index contributed by atoms with van der Waals surface area (Å²) in [7, 11) is 0. The average molecular weight is 269 g/mol. The van der Waals surface area contributed by atoms with Gasteiger partial charge in [0, 0.05) is 24.8 Å². The Kier molecular flexibility index (Phi) is 3.52. The first kappa shape index (κ1) is 12.9. The van der Waals surface area contributed by atoms with E-state index in [1.165, 1.54) is 5.56 Å². The smallest absolute Gasteiger partial charge is 0.124 e. The van der Waals surface area contributed by atoms with Crippen LogP contribution in [0, 0.1) is 0 Å². The van der Waals surface area contributed by atoms with Crippen molar-refractivity contribution in [3.63, 3.8) is 0 Å². The number of nitrogens with zero attached hydrogens (tertiary/aromatic N) is 3. The van der Waals surface area contributed by atoms with E-state index in [1.54, 1.807) is 0 Å². The third-order valence-electron chi connectivity index (χ3n) is 3.44. The Bertz CT molecular complexity index is 664. The van der Waals surface area contributed by atoms with Gasteiger partial charge in [0.2, 0.25) is 0 Å². The van der Waals surface area contributed by atoms with E-state index in [9.17, 15) is 0 Å². The summed E-state index contributed by atoms with van der Waals surface area (Å²) in [5.41, 5.74) is 3.28. The molecule has 0 saturated carbocycles. The lowest BCUT2D eigenvalue weighted by atomic mass is 10.3. The van der Waals surface area contributed by atoms with Crippen molar-refractivity contribution in [3.05, 3.63) is 48.0 Å². The van der Waals surface area contributed by atoms with Crippen LogP contribution >= 0.6 is 0 Å². The van der Waals surface area contributed by atoms with Gasteiger partial charge in [-0.15, -0.1) is 0 Å². The van der Waals surface area contributed by atoms with Gasteiger partial charge in [-0.1, -0.05) is 12.1 Å². The zero-order valence-corrected chi connectivity index (χ0v) is 11.8. The fourth-order valence-corrected chi connectivity index (χ4v) is 2.22. The van der Waals surface area contributed by atoms with Crippen molar-refractivity contribution >= 4 is 11.0 Å². The van der Waals surface area contributed by atoms with E-state index in [0.717, 1.165) is 29.9 Å². The summed E-state index contributed by atoms with van der Waals surface area (Å²) in [6.07, 6.45) is 3.97. The Labute approximate surface area is 118 Å². The predicted molar refractivity (Wildman–Crippen MR) is 79.2 cm³/mol. The number of para-hydroxylation sites is 2. The predicted octanol–water partition coefficient (Wildman–Crippen LogP) is 2.63. The van der Waals surface area contributed by atoms with E-state index in [2.05, 4.69) is 40.4 Å². The largest absolute Gasteiger partial charge is 0.341 e. The average Bonchev–Trinajstić information content (AvgIpc) is 3.10. The molecular weight excluding hydrogens is 250 g/mol. The molecular formula is C15H19N5. The molecule has 5 heteroatoms. The van der Waals surface area contributed by atoms with Gasteiger partial charge in [0.05, 0.1) is 23.3 Å². The number of benzene rings is 1. The summed E-state index contributed by atoms with van der Waals surface area (Å²) < 4.78 is 1.93. The monoisotopic (exact) mass is 269 g/mol. The SMILES string of the molecule is CCn1cc(CNC(C)c2nc3ccccc3[nH]2)cn1. The molecule has 5 nitrogen and oxygen atoms in total. The first-order chi connectivity index (χ1) is 9.76. The van der Waals surface area contributed by atoms with Gasteiger partial charge in [0.1, 0.15) is 5.82 Å².